The van der Waals surface area contributed by atoms with Crippen LogP contribution >= 0.6 is 24.8 Å². The van der Waals surface area contributed by atoms with Crippen LogP contribution in [0.2, 0.25) is 0 Å². The predicted molar refractivity (Wildman–Crippen MR) is 105 cm³/mol. The van der Waals surface area contributed by atoms with E-state index in [1.54, 1.807) is 7.11 Å². The van der Waals surface area contributed by atoms with Gasteiger partial charge in [-0.3, -0.25) is 9.69 Å². The van der Waals surface area contributed by atoms with Crippen LogP contribution in [0.1, 0.15) is 31.4 Å². The van der Waals surface area contributed by atoms with E-state index in [1.165, 1.54) is 12.5 Å². The maximum Gasteiger partial charge on any atom is 0.308 e. The van der Waals surface area contributed by atoms with E-state index < -0.39 is 0 Å². The largest absolute Gasteiger partial charge is 0.493 e. The zero-order valence-electron chi connectivity index (χ0n) is 14.8. The van der Waals surface area contributed by atoms with Crippen molar-refractivity contribution in [2.75, 3.05) is 33.3 Å². The Labute approximate surface area is 162 Å². The molecule has 142 valence electrons. The van der Waals surface area contributed by atoms with E-state index in [4.69, 9.17) is 9.47 Å². The van der Waals surface area contributed by atoms with Gasteiger partial charge < -0.3 is 14.8 Å². The van der Waals surface area contributed by atoms with Crippen molar-refractivity contribution in [3.8, 4) is 11.5 Å². The smallest absolute Gasteiger partial charge is 0.308 e. The van der Waals surface area contributed by atoms with E-state index in [0.29, 0.717) is 17.5 Å². The van der Waals surface area contributed by atoms with Gasteiger partial charge in [0.05, 0.1) is 7.11 Å². The summed E-state index contributed by atoms with van der Waals surface area (Å²) in [6.45, 7) is 9.29. The van der Waals surface area contributed by atoms with E-state index in [9.17, 15) is 4.79 Å². The molecule has 1 aliphatic rings. The molecule has 0 saturated carbocycles. The summed E-state index contributed by atoms with van der Waals surface area (Å²) in [5.41, 5.74) is 1.18. The number of carbonyl (C=O) groups excluding carboxylic acids is 1. The van der Waals surface area contributed by atoms with Crippen LogP contribution in [0.25, 0.3) is 0 Å². The Morgan fingerprint density at radius 3 is 2.56 bits per heavy atom. The minimum Gasteiger partial charge on any atom is -0.493 e. The number of carbonyl (C=O) groups is 1. The molecule has 1 fully saturated rings. The second-order valence-electron chi connectivity index (χ2n) is 5.67. The van der Waals surface area contributed by atoms with Gasteiger partial charge in [0.1, 0.15) is 0 Å². The Hall–Kier alpha value is -1.27. The summed E-state index contributed by atoms with van der Waals surface area (Å²) >= 11 is 0. The van der Waals surface area contributed by atoms with Crippen molar-refractivity contribution in [2.24, 2.45) is 0 Å². The van der Waals surface area contributed by atoms with Gasteiger partial charge in [-0.1, -0.05) is 12.1 Å². The number of nitrogens with zero attached hydrogens (tertiary/aromatic N) is 1. The quantitative estimate of drug-likeness (QED) is 0.439. The molecular weight excluding hydrogens is 363 g/mol. The fourth-order valence-corrected chi connectivity index (χ4v) is 2.96. The Morgan fingerprint density at radius 1 is 1.32 bits per heavy atom. The van der Waals surface area contributed by atoms with Gasteiger partial charge in [0.25, 0.3) is 0 Å². The first kappa shape index (κ1) is 23.7. The van der Waals surface area contributed by atoms with Gasteiger partial charge in [-0.05, 0) is 30.5 Å². The number of hydrogen-bond donors (Lipinski definition) is 1. The maximum absolute atomic E-state index is 11.2. The summed E-state index contributed by atoms with van der Waals surface area (Å²) in [5, 5.41) is 3.39. The number of methoxy groups -OCH3 is 1. The molecule has 25 heavy (non-hydrogen) atoms. The van der Waals surface area contributed by atoms with Crippen molar-refractivity contribution in [3.05, 3.63) is 36.4 Å². The van der Waals surface area contributed by atoms with Crippen molar-refractivity contribution < 1.29 is 14.3 Å². The van der Waals surface area contributed by atoms with Gasteiger partial charge in [-0.25, -0.2) is 0 Å². The van der Waals surface area contributed by atoms with E-state index in [0.717, 1.165) is 39.0 Å². The summed E-state index contributed by atoms with van der Waals surface area (Å²) in [7, 11) is 1.59. The Balaban J connectivity index is 0.00000288. The monoisotopic (exact) mass is 390 g/mol. The van der Waals surface area contributed by atoms with Crippen molar-refractivity contribution >= 4 is 30.8 Å². The van der Waals surface area contributed by atoms with Gasteiger partial charge in [-0.2, -0.15) is 0 Å². The van der Waals surface area contributed by atoms with E-state index in [-0.39, 0.29) is 30.8 Å². The standard InChI is InChI=1S/C18H26N2O3.2ClH/c1-4-5-6-16(20-11-9-19-10-12-20)15-7-8-17(23-14(2)21)18(13-15)22-3;;/h4,7-8,13,16,19H,1,5-6,9-12H2,2-3H3;2*1H/t16-;;/m1../s1. The molecule has 1 atom stereocenters. The van der Waals surface area contributed by atoms with Gasteiger partial charge in [0.2, 0.25) is 0 Å². The van der Waals surface area contributed by atoms with Crippen LogP contribution in [0, 0.1) is 0 Å². The Kier molecular flexibility index (Phi) is 11.5. The third-order valence-corrected chi connectivity index (χ3v) is 4.06. The van der Waals surface area contributed by atoms with E-state index in [1.807, 2.05) is 24.3 Å². The van der Waals surface area contributed by atoms with Crippen LogP contribution in [0.5, 0.6) is 11.5 Å². The lowest BCUT2D eigenvalue weighted by Gasteiger charge is -2.35. The topological polar surface area (TPSA) is 50.8 Å². The molecule has 1 aromatic carbocycles. The van der Waals surface area contributed by atoms with Gasteiger partial charge in [-0.15, -0.1) is 31.4 Å². The molecule has 2 rings (SSSR count). The second-order valence-corrected chi connectivity index (χ2v) is 5.67. The highest BCUT2D eigenvalue weighted by Gasteiger charge is 2.23. The summed E-state index contributed by atoms with van der Waals surface area (Å²) in [4.78, 5) is 13.7. The zero-order valence-corrected chi connectivity index (χ0v) is 16.5. The first-order chi connectivity index (χ1) is 11.2. The van der Waals surface area contributed by atoms with Crippen LogP contribution in [0.3, 0.4) is 0 Å². The van der Waals surface area contributed by atoms with Crippen molar-refractivity contribution in [1.29, 1.82) is 0 Å². The molecule has 0 radical (unpaired) electrons. The highest BCUT2D eigenvalue weighted by molar-refractivity contribution is 5.85. The molecule has 1 saturated heterocycles. The lowest BCUT2D eigenvalue weighted by atomic mass is 9.99. The van der Waals surface area contributed by atoms with Crippen LogP contribution in [-0.2, 0) is 4.79 Å². The first-order valence-electron chi connectivity index (χ1n) is 8.07. The molecule has 0 aromatic heterocycles. The number of allylic oxidation sites excluding steroid dienone is 1. The highest BCUT2D eigenvalue weighted by atomic mass is 35.5. The van der Waals surface area contributed by atoms with Gasteiger partial charge in [0, 0.05) is 39.1 Å². The van der Waals surface area contributed by atoms with Gasteiger partial charge >= 0.3 is 5.97 Å². The van der Waals surface area contributed by atoms with Crippen molar-refractivity contribution in [3.63, 3.8) is 0 Å². The molecule has 0 amide bonds. The summed E-state index contributed by atoms with van der Waals surface area (Å²) in [6, 6.07) is 6.14. The molecule has 1 N–H and O–H groups in total. The number of ether oxygens (including phenoxy) is 2. The van der Waals surface area contributed by atoms with Crippen LogP contribution < -0.4 is 14.8 Å². The number of esters is 1. The number of piperazine rings is 1. The number of halogens is 2. The zero-order chi connectivity index (χ0) is 16.7. The maximum atomic E-state index is 11.2. The van der Waals surface area contributed by atoms with Crippen LogP contribution in [0.4, 0.5) is 0 Å². The van der Waals surface area contributed by atoms with Crippen LogP contribution in [0.15, 0.2) is 30.9 Å². The molecule has 0 spiro atoms. The second kappa shape index (κ2) is 12.1. The normalized spacial score (nSPS) is 15.3. The fourth-order valence-electron chi connectivity index (χ4n) is 2.96. The third-order valence-electron chi connectivity index (χ3n) is 4.06. The van der Waals surface area contributed by atoms with Crippen molar-refractivity contribution in [1.82, 2.24) is 10.2 Å². The molecule has 0 unspecified atom stereocenters. The van der Waals surface area contributed by atoms with E-state index in [2.05, 4.69) is 16.8 Å². The molecular formula is C18H28Cl2N2O3. The SMILES string of the molecule is C=CCC[C@H](c1ccc(OC(C)=O)c(OC)c1)N1CCNCC1.Cl.Cl. The molecule has 1 heterocycles. The summed E-state index contributed by atoms with van der Waals surface area (Å²) < 4.78 is 10.6. The molecule has 1 aromatic rings. The number of rotatable bonds is 7. The van der Waals surface area contributed by atoms with Crippen molar-refractivity contribution in [2.45, 2.75) is 25.8 Å². The number of benzene rings is 1. The predicted octanol–water partition coefficient (Wildman–Crippen LogP) is 3.38. The molecule has 7 heteroatoms. The molecule has 0 aliphatic carbocycles. The first-order valence-corrected chi connectivity index (χ1v) is 8.07. The molecule has 5 nitrogen and oxygen atoms in total. The number of hydrogen-bond acceptors (Lipinski definition) is 5. The Morgan fingerprint density at radius 2 is 2.00 bits per heavy atom. The molecule has 1 aliphatic heterocycles. The minimum absolute atomic E-state index is 0. The van der Waals surface area contributed by atoms with E-state index >= 15 is 0 Å². The Bertz CT molecular complexity index is 549. The summed E-state index contributed by atoms with van der Waals surface area (Å²) in [6.07, 6.45) is 3.93. The minimum atomic E-state index is -0.346. The molecule has 0 bridgehead atoms. The average molecular weight is 391 g/mol. The lowest BCUT2D eigenvalue weighted by molar-refractivity contribution is -0.132. The number of nitrogens with one attached hydrogen (secondary N) is 1. The van der Waals surface area contributed by atoms with Crippen LogP contribution in [-0.4, -0.2) is 44.2 Å². The third kappa shape index (κ3) is 6.86. The highest BCUT2D eigenvalue weighted by Crippen LogP contribution is 2.34. The van der Waals surface area contributed by atoms with Gasteiger partial charge in [0.15, 0.2) is 11.5 Å². The fraction of sp³-hybridized carbons (Fsp3) is 0.500. The summed E-state index contributed by atoms with van der Waals surface area (Å²) in [5.74, 6) is 0.712. The average Bonchev–Trinajstić information content (AvgIpc) is 2.56. The lowest BCUT2D eigenvalue weighted by Crippen LogP contribution is -2.45.